The third-order valence-corrected chi connectivity index (χ3v) is 5.52. The van der Waals surface area contributed by atoms with Crippen LogP contribution in [-0.2, 0) is 0 Å². The molecule has 2 aromatic rings. The smallest absolute Gasteiger partial charge is 0.0870 e. The van der Waals surface area contributed by atoms with Crippen molar-refractivity contribution in [1.29, 1.82) is 0 Å². The Hall–Kier alpha value is -1.00. The minimum absolute atomic E-state index is 0.0887. The third-order valence-electron chi connectivity index (χ3n) is 4.10. The first kappa shape index (κ1) is 15.9. The van der Waals surface area contributed by atoms with E-state index in [9.17, 15) is 5.11 Å². The van der Waals surface area contributed by atoms with E-state index in [2.05, 4.69) is 43.3 Å². The summed E-state index contributed by atoms with van der Waals surface area (Å²) >= 11 is 7.87. The second-order valence-corrected chi connectivity index (χ2v) is 7.49. The van der Waals surface area contributed by atoms with Crippen LogP contribution in [0.4, 0.5) is 0 Å². The molecule has 1 heterocycles. The molecular weight excluding hydrogens is 314 g/mol. The van der Waals surface area contributed by atoms with Gasteiger partial charge in [-0.2, -0.15) is 0 Å². The lowest BCUT2D eigenvalue weighted by Gasteiger charge is -2.25. The molecule has 0 aliphatic carbocycles. The normalized spacial score (nSPS) is 20.4. The van der Waals surface area contributed by atoms with E-state index in [0.717, 1.165) is 23.4 Å². The fourth-order valence-electron chi connectivity index (χ4n) is 2.94. The van der Waals surface area contributed by atoms with Crippen LogP contribution in [0.25, 0.3) is 0 Å². The fraction of sp³-hybridized carbons (Fsp3) is 0.333. The van der Waals surface area contributed by atoms with Crippen LogP contribution >= 0.6 is 23.4 Å². The standard InChI is InChI=1S/C18H20ClNOS/c1-20(2)10-9-14-13-5-3-4-6-16(13)22-17-8-7-12(19)11-15(17)18(14)21/h3-8,11,14,18,21H,9-10H2,1-2H3/t14-,18-/m0/s1. The van der Waals surface area contributed by atoms with Gasteiger partial charge in [0, 0.05) is 20.7 Å². The van der Waals surface area contributed by atoms with Gasteiger partial charge in [0.05, 0.1) is 6.10 Å². The highest BCUT2D eigenvalue weighted by Crippen LogP contribution is 2.48. The van der Waals surface area contributed by atoms with Crippen LogP contribution in [0.5, 0.6) is 0 Å². The number of aliphatic hydroxyl groups is 1. The Kier molecular flexibility index (Phi) is 4.79. The lowest BCUT2D eigenvalue weighted by atomic mass is 9.86. The molecule has 0 fully saturated rings. The molecule has 1 aliphatic heterocycles. The molecule has 22 heavy (non-hydrogen) atoms. The van der Waals surface area contributed by atoms with Crippen LogP contribution in [0.1, 0.15) is 29.6 Å². The van der Waals surface area contributed by atoms with Gasteiger partial charge in [0.2, 0.25) is 0 Å². The highest BCUT2D eigenvalue weighted by Gasteiger charge is 2.30. The molecular formula is C18H20ClNOS. The van der Waals surface area contributed by atoms with Crippen molar-refractivity contribution in [3.05, 3.63) is 58.6 Å². The molecule has 0 radical (unpaired) electrons. The summed E-state index contributed by atoms with van der Waals surface area (Å²) in [4.78, 5) is 4.48. The zero-order valence-electron chi connectivity index (χ0n) is 12.8. The summed E-state index contributed by atoms with van der Waals surface area (Å²) in [5, 5.41) is 11.7. The second-order valence-electron chi connectivity index (χ2n) is 5.97. The molecule has 2 aromatic carbocycles. The Bertz CT molecular complexity index is 674. The van der Waals surface area contributed by atoms with Gasteiger partial charge in [0.1, 0.15) is 0 Å². The Morgan fingerprint density at radius 2 is 1.82 bits per heavy atom. The quantitative estimate of drug-likeness (QED) is 0.889. The van der Waals surface area contributed by atoms with Crippen molar-refractivity contribution in [2.75, 3.05) is 20.6 Å². The number of hydrogen-bond donors (Lipinski definition) is 1. The molecule has 0 aromatic heterocycles. The molecule has 0 saturated carbocycles. The SMILES string of the molecule is CN(C)CC[C@H]1c2ccccc2Sc2ccc(Cl)cc2[C@H]1O. The first-order chi connectivity index (χ1) is 10.6. The van der Waals surface area contributed by atoms with Crippen molar-refractivity contribution in [2.24, 2.45) is 0 Å². The average molecular weight is 334 g/mol. The van der Waals surface area contributed by atoms with E-state index in [1.165, 1.54) is 10.5 Å². The number of hydrogen-bond acceptors (Lipinski definition) is 3. The largest absolute Gasteiger partial charge is 0.388 e. The van der Waals surface area contributed by atoms with Crippen LogP contribution in [0, 0.1) is 0 Å². The third kappa shape index (κ3) is 3.18. The van der Waals surface area contributed by atoms with Gasteiger partial charge in [0.25, 0.3) is 0 Å². The minimum Gasteiger partial charge on any atom is -0.388 e. The van der Waals surface area contributed by atoms with E-state index in [-0.39, 0.29) is 5.92 Å². The fourth-order valence-corrected chi connectivity index (χ4v) is 4.27. The van der Waals surface area contributed by atoms with Gasteiger partial charge in [-0.05, 0) is 62.5 Å². The number of nitrogens with zero attached hydrogens (tertiary/aromatic N) is 1. The molecule has 0 saturated heterocycles. The lowest BCUT2D eigenvalue weighted by Crippen LogP contribution is -2.19. The molecule has 116 valence electrons. The van der Waals surface area contributed by atoms with E-state index in [0.29, 0.717) is 5.02 Å². The Morgan fingerprint density at radius 1 is 1.09 bits per heavy atom. The summed E-state index contributed by atoms with van der Waals surface area (Å²) < 4.78 is 0. The van der Waals surface area contributed by atoms with E-state index in [4.69, 9.17) is 11.6 Å². The summed E-state index contributed by atoms with van der Waals surface area (Å²) in [5.74, 6) is 0.0887. The minimum atomic E-state index is -0.523. The molecule has 0 unspecified atom stereocenters. The maximum absolute atomic E-state index is 11.0. The Labute approximate surface area is 141 Å². The number of rotatable bonds is 3. The zero-order valence-corrected chi connectivity index (χ0v) is 14.4. The number of aliphatic hydroxyl groups excluding tert-OH is 1. The molecule has 2 atom stereocenters. The van der Waals surface area contributed by atoms with Gasteiger partial charge >= 0.3 is 0 Å². The molecule has 1 N–H and O–H groups in total. The maximum atomic E-state index is 11.0. The summed E-state index contributed by atoms with van der Waals surface area (Å²) in [6.07, 6.45) is 0.391. The van der Waals surface area contributed by atoms with Crippen LogP contribution in [0.2, 0.25) is 5.02 Å². The van der Waals surface area contributed by atoms with Gasteiger partial charge in [0.15, 0.2) is 0 Å². The number of fused-ring (bicyclic) bond motifs is 2. The first-order valence-electron chi connectivity index (χ1n) is 7.45. The summed E-state index contributed by atoms with van der Waals surface area (Å²) in [6.45, 7) is 0.941. The maximum Gasteiger partial charge on any atom is 0.0870 e. The summed E-state index contributed by atoms with van der Waals surface area (Å²) in [7, 11) is 4.13. The van der Waals surface area contributed by atoms with Crippen molar-refractivity contribution in [3.63, 3.8) is 0 Å². The average Bonchev–Trinajstić information content (AvgIpc) is 2.60. The van der Waals surface area contributed by atoms with Crippen molar-refractivity contribution in [1.82, 2.24) is 4.90 Å². The van der Waals surface area contributed by atoms with Crippen molar-refractivity contribution < 1.29 is 5.11 Å². The van der Waals surface area contributed by atoms with Gasteiger partial charge < -0.3 is 10.0 Å². The van der Waals surface area contributed by atoms with Gasteiger partial charge in [-0.3, -0.25) is 0 Å². The van der Waals surface area contributed by atoms with E-state index in [1.54, 1.807) is 11.8 Å². The lowest BCUT2D eigenvalue weighted by molar-refractivity contribution is 0.132. The monoisotopic (exact) mass is 333 g/mol. The molecule has 0 bridgehead atoms. The van der Waals surface area contributed by atoms with Crippen LogP contribution in [-0.4, -0.2) is 30.6 Å². The first-order valence-corrected chi connectivity index (χ1v) is 8.64. The highest BCUT2D eigenvalue weighted by atomic mass is 35.5. The summed E-state index contributed by atoms with van der Waals surface area (Å²) in [5.41, 5.74) is 2.17. The van der Waals surface area contributed by atoms with Crippen molar-refractivity contribution in [2.45, 2.75) is 28.2 Å². The van der Waals surface area contributed by atoms with E-state index >= 15 is 0 Å². The molecule has 1 aliphatic rings. The van der Waals surface area contributed by atoms with Gasteiger partial charge in [-0.1, -0.05) is 41.6 Å². The predicted octanol–water partition coefficient (Wildman–Crippen LogP) is 4.57. The Balaban J connectivity index is 2.07. The molecule has 4 heteroatoms. The van der Waals surface area contributed by atoms with Crippen LogP contribution in [0.3, 0.4) is 0 Å². The topological polar surface area (TPSA) is 23.5 Å². The van der Waals surface area contributed by atoms with E-state index < -0.39 is 6.10 Å². The molecule has 0 spiro atoms. The van der Waals surface area contributed by atoms with Crippen LogP contribution in [0.15, 0.2) is 52.3 Å². The van der Waals surface area contributed by atoms with Gasteiger partial charge in [-0.25, -0.2) is 0 Å². The molecule has 3 rings (SSSR count). The molecule has 2 nitrogen and oxygen atoms in total. The number of benzene rings is 2. The van der Waals surface area contributed by atoms with Crippen molar-refractivity contribution in [3.8, 4) is 0 Å². The van der Waals surface area contributed by atoms with Gasteiger partial charge in [-0.15, -0.1) is 0 Å². The highest BCUT2D eigenvalue weighted by molar-refractivity contribution is 7.99. The summed E-state index contributed by atoms with van der Waals surface area (Å²) in [6, 6.07) is 14.2. The van der Waals surface area contributed by atoms with E-state index in [1.807, 2.05) is 18.2 Å². The predicted molar refractivity (Wildman–Crippen MR) is 92.9 cm³/mol. The Morgan fingerprint density at radius 3 is 2.59 bits per heavy atom. The van der Waals surface area contributed by atoms with Crippen molar-refractivity contribution >= 4 is 23.4 Å². The molecule has 0 amide bonds. The van der Waals surface area contributed by atoms with Crippen LogP contribution < -0.4 is 0 Å². The second kappa shape index (κ2) is 6.63. The number of halogens is 1. The zero-order chi connectivity index (χ0) is 15.7.